The highest BCUT2D eigenvalue weighted by Gasteiger charge is 2.28. The standard InChI is InChI=1S/C30H33FN2O6/c1-30(2,3)39-28(36)23-14-15-25(31)24(16-23)18-33(17-21-10-6-4-7-11-21)27(35)26(19-34)32-29(37)38-20-22-12-8-5-9-13-22/h4-16,26,34H,17-20H2,1-3H3,(H,32,37)/t26-/m1/s1. The fourth-order valence-corrected chi connectivity index (χ4v) is 3.69. The van der Waals surface area contributed by atoms with Gasteiger partial charge in [-0.05, 0) is 50.1 Å². The molecule has 0 heterocycles. The zero-order chi connectivity index (χ0) is 28.4. The Morgan fingerprint density at radius 2 is 1.54 bits per heavy atom. The van der Waals surface area contributed by atoms with Crippen molar-refractivity contribution in [3.05, 3.63) is 107 Å². The lowest BCUT2D eigenvalue weighted by Crippen LogP contribution is -2.50. The Labute approximate surface area is 227 Å². The molecule has 0 unspecified atom stereocenters. The van der Waals surface area contributed by atoms with Crippen molar-refractivity contribution in [2.75, 3.05) is 6.61 Å². The summed E-state index contributed by atoms with van der Waals surface area (Å²) in [6, 6.07) is 20.5. The quantitative estimate of drug-likeness (QED) is 0.367. The summed E-state index contributed by atoms with van der Waals surface area (Å²) in [6.07, 6.45) is -0.885. The maximum atomic E-state index is 14.9. The summed E-state index contributed by atoms with van der Waals surface area (Å²) in [6.45, 7) is 4.29. The van der Waals surface area contributed by atoms with Crippen LogP contribution >= 0.6 is 0 Å². The molecule has 1 atom stereocenters. The number of carbonyl (C=O) groups is 3. The van der Waals surface area contributed by atoms with E-state index in [1.54, 1.807) is 69.3 Å². The van der Waals surface area contributed by atoms with Crippen LogP contribution in [0.2, 0.25) is 0 Å². The van der Waals surface area contributed by atoms with E-state index in [-0.39, 0.29) is 30.8 Å². The number of amides is 2. The van der Waals surface area contributed by atoms with Crippen LogP contribution in [-0.4, -0.2) is 46.2 Å². The Hall–Kier alpha value is -4.24. The Morgan fingerprint density at radius 1 is 0.923 bits per heavy atom. The van der Waals surface area contributed by atoms with Crippen LogP contribution in [0.25, 0.3) is 0 Å². The fourth-order valence-electron chi connectivity index (χ4n) is 3.69. The number of nitrogens with zero attached hydrogens (tertiary/aromatic N) is 1. The van der Waals surface area contributed by atoms with Crippen LogP contribution in [0.4, 0.5) is 9.18 Å². The molecule has 0 aromatic heterocycles. The van der Waals surface area contributed by atoms with Crippen molar-refractivity contribution in [1.29, 1.82) is 0 Å². The van der Waals surface area contributed by atoms with Crippen LogP contribution in [0.1, 0.15) is 47.8 Å². The van der Waals surface area contributed by atoms with Gasteiger partial charge in [0.25, 0.3) is 0 Å². The highest BCUT2D eigenvalue weighted by atomic mass is 19.1. The minimum atomic E-state index is -1.34. The molecule has 0 spiro atoms. The van der Waals surface area contributed by atoms with Crippen LogP contribution in [0.5, 0.6) is 0 Å². The van der Waals surface area contributed by atoms with Crippen molar-refractivity contribution in [1.82, 2.24) is 10.2 Å². The maximum Gasteiger partial charge on any atom is 0.408 e. The van der Waals surface area contributed by atoms with Crippen molar-refractivity contribution in [2.45, 2.75) is 52.1 Å². The highest BCUT2D eigenvalue weighted by molar-refractivity contribution is 5.90. The van der Waals surface area contributed by atoms with Crippen molar-refractivity contribution in [3.63, 3.8) is 0 Å². The summed E-state index contributed by atoms with van der Waals surface area (Å²) in [7, 11) is 0. The van der Waals surface area contributed by atoms with Gasteiger partial charge in [-0.2, -0.15) is 0 Å². The molecule has 0 saturated carbocycles. The number of halogens is 1. The van der Waals surface area contributed by atoms with Gasteiger partial charge in [0, 0.05) is 18.7 Å². The van der Waals surface area contributed by atoms with E-state index >= 15 is 0 Å². The first kappa shape index (κ1) is 29.3. The smallest absolute Gasteiger partial charge is 0.408 e. The van der Waals surface area contributed by atoms with Gasteiger partial charge >= 0.3 is 12.1 Å². The SMILES string of the molecule is CC(C)(C)OC(=O)c1ccc(F)c(CN(Cc2ccccc2)C(=O)[C@@H](CO)NC(=O)OCc2ccccc2)c1. The lowest BCUT2D eigenvalue weighted by Gasteiger charge is -2.27. The van der Waals surface area contributed by atoms with E-state index in [1.165, 1.54) is 17.0 Å². The van der Waals surface area contributed by atoms with E-state index in [9.17, 15) is 23.9 Å². The molecule has 2 N–H and O–H groups in total. The molecule has 3 aromatic rings. The van der Waals surface area contributed by atoms with E-state index < -0.39 is 42.0 Å². The lowest BCUT2D eigenvalue weighted by atomic mass is 10.1. The second-order valence-electron chi connectivity index (χ2n) is 9.93. The van der Waals surface area contributed by atoms with Gasteiger partial charge in [0.15, 0.2) is 0 Å². The largest absolute Gasteiger partial charge is 0.456 e. The van der Waals surface area contributed by atoms with E-state index in [1.807, 2.05) is 12.1 Å². The number of esters is 1. The van der Waals surface area contributed by atoms with Crippen LogP contribution in [0.3, 0.4) is 0 Å². The second kappa shape index (κ2) is 13.5. The third kappa shape index (κ3) is 9.22. The first-order valence-corrected chi connectivity index (χ1v) is 12.5. The van der Waals surface area contributed by atoms with Gasteiger partial charge in [-0.3, -0.25) is 4.79 Å². The minimum absolute atomic E-state index is 0.0184. The monoisotopic (exact) mass is 536 g/mol. The highest BCUT2D eigenvalue weighted by Crippen LogP contribution is 2.19. The molecular weight excluding hydrogens is 503 g/mol. The molecule has 8 nitrogen and oxygen atoms in total. The van der Waals surface area contributed by atoms with Crippen molar-refractivity contribution >= 4 is 18.0 Å². The van der Waals surface area contributed by atoms with Crippen LogP contribution in [-0.2, 0) is 34.0 Å². The number of rotatable bonds is 10. The molecule has 0 aliphatic rings. The first-order valence-electron chi connectivity index (χ1n) is 12.5. The predicted molar refractivity (Wildman–Crippen MR) is 143 cm³/mol. The predicted octanol–water partition coefficient (Wildman–Crippen LogP) is 4.60. The van der Waals surface area contributed by atoms with Crippen molar-refractivity contribution in [3.8, 4) is 0 Å². The fraction of sp³-hybridized carbons (Fsp3) is 0.300. The average molecular weight is 537 g/mol. The maximum absolute atomic E-state index is 14.9. The Morgan fingerprint density at radius 3 is 2.13 bits per heavy atom. The molecule has 0 aliphatic carbocycles. The molecule has 3 rings (SSSR count). The van der Waals surface area contributed by atoms with Gasteiger partial charge in [0.2, 0.25) is 5.91 Å². The molecule has 3 aromatic carbocycles. The molecule has 0 radical (unpaired) electrons. The second-order valence-corrected chi connectivity index (χ2v) is 9.93. The van der Waals surface area contributed by atoms with E-state index in [0.717, 1.165) is 17.2 Å². The molecule has 2 amide bonds. The van der Waals surface area contributed by atoms with Crippen LogP contribution < -0.4 is 5.32 Å². The molecule has 206 valence electrons. The van der Waals surface area contributed by atoms with Crippen molar-refractivity contribution < 1.29 is 33.4 Å². The number of aliphatic hydroxyl groups excluding tert-OH is 1. The van der Waals surface area contributed by atoms with Gasteiger partial charge in [0.05, 0.1) is 12.2 Å². The normalized spacial score (nSPS) is 11.8. The molecule has 0 fully saturated rings. The summed E-state index contributed by atoms with van der Waals surface area (Å²) in [5.74, 6) is -1.90. The zero-order valence-electron chi connectivity index (χ0n) is 22.2. The molecule has 0 bridgehead atoms. The third-order valence-electron chi connectivity index (χ3n) is 5.55. The number of hydrogen-bond donors (Lipinski definition) is 2. The number of carbonyl (C=O) groups excluding carboxylic acids is 3. The Kier molecular flexibility index (Phi) is 10.2. The van der Waals surface area contributed by atoms with Gasteiger partial charge in [-0.15, -0.1) is 0 Å². The lowest BCUT2D eigenvalue weighted by molar-refractivity contribution is -0.135. The first-order chi connectivity index (χ1) is 18.6. The molecule has 0 aliphatic heterocycles. The van der Waals surface area contributed by atoms with Crippen molar-refractivity contribution in [2.24, 2.45) is 0 Å². The summed E-state index contributed by atoms with van der Waals surface area (Å²) in [4.78, 5) is 39.7. The number of alkyl carbamates (subject to hydrolysis) is 1. The van der Waals surface area contributed by atoms with Gasteiger partial charge in [0.1, 0.15) is 24.1 Å². The summed E-state index contributed by atoms with van der Waals surface area (Å²) in [5.41, 5.74) is 0.972. The zero-order valence-corrected chi connectivity index (χ0v) is 22.2. The van der Waals surface area contributed by atoms with Gasteiger partial charge in [-0.1, -0.05) is 60.7 Å². The molecule has 9 heteroatoms. The number of benzene rings is 3. The molecule has 39 heavy (non-hydrogen) atoms. The Bertz CT molecular complexity index is 1260. The van der Waals surface area contributed by atoms with Gasteiger partial charge in [-0.25, -0.2) is 14.0 Å². The van der Waals surface area contributed by atoms with E-state index in [2.05, 4.69) is 5.32 Å². The van der Waals surface area contributed by atoms with Crippen LogP contribution in [0.15, 0.2) is 78.9 Å². The Balaban J connectivity index is 1.80. The topological polar surface area (TPSA) is 105 Å². The number of ether oxygens (including phenoxy) is 2. The molecular formula is C30H33FN2O6. The summed E-state index contributed by atoms with van der Waals surface area (Å²) < 4.78 is 25.4. The molecule has 0 saturated heterocycles. The number of hydrogen-bond acceptors (Lipinski definition) is 6. The average Bonchev–Trinajstić information content (AvgIpc) is 2.91. The summed E-state index contributed by atoms with van der Waals surface area (Å²) >= 11 is 0. The minimum Gasteiger partial charge on any atom is -0.456 e. The number of nitrogens with one attached hydrogen (secondary N) is 1. The third-order valence-corrected chi connectivity index (χ3v) is 5.55. The van der Waals surface area contributed by atoms with E-state index in [4.69, 9.17) is 9.47 Å². The van der Waals surface area contributed by atoms with Crippen LogP contribution in [0, 0.1) is 5.82 Å². The van der Waals surface area contributed by atoms with Gasteiger partial charge < -0.3 is 24.8 Å². The number of aliphatic hydroxyl groups is 1. The summed E-state index contributed by atoms with van der Waals surface area (Å²) in [5, 5.41) is 12.3. The van der Waals surface area contributed by atoms with E-state index in [0.29, 0.717) is 0 Å².